The summed E-state index contributed by atoms with van der Waals surface area (Å²) in [4.78, 5) is 24.5. The molecule has 3 aromatic rings. The molecule has 0 radical (unpaired) electrons. The van der Waals surface area contributed by atoms with E-state index < -0.39 is 0 Å². The van der Waals surface area contributed by atoms with Gasteiger partial charge in [0.05, 0.1) is 11.4 Å². The molecule has 5 N–H and O–H groups in total. The fourth-order valence-electron chi connectivity index (χ4n) is 3.93. The second-order valence-corrected chi connectivity index (χ2v) is 7.79. The van der Waals surface area contributed by atoms with Crippen molar-refractivity contribution in [1.29, 1.82) is 5.41 Å². The van der Waals surface area contributed by atoms with E-state index in [1.165, 1.54) is 0 Å². The average Bonchev–Trinajstić information content (AvgIpc) is 3.43. The fourth-order valence-corrected chi connectivity index (χ4v) is 3.93. The number of amides is 1. The van der Waals surface area contributed by atoms with Crippen LogP contribution in [0.1, 0.15) is 33.5 Å². The Morgan fingerprint density at radius 1 is 1.19 bits per heavy atom. The smallest absolute Gasteiger partial charge is 0.251 e. The van der Waals surface area contributed by atoms with Crippen molar-refractivity contribution < 1.29 is 4.79 Å². The lowest BCUT2D eigenvalue weighted by Gasteiger charge is -2.07. The van der Waals surface area contributed by atoms with E-state index in [2.05, 4.69) is 20.3 Å². The zero-order chi connectivity index (χ0) is 22.1. The second kappa shape index (κ2) is 8.11. The van der Waals surface area contributed by atoms with Gasteiger partial charge >= 0.3 is 0 Å². The summed E-state index contributed by atoms with van der Waals surface area (Å²) in [6.07, 6.45) is 8.88. The highest BCUT2D eigenvalue weighted by molar-refractivity contribution is 6.16. The summed E-state index contributed by atoms with van der Waals surface area (Å²) in [6.45, 7) is 0.513. The summed E-state index contributed by atoms with van der Waals surface area (Å²) < 4.78 is 0. The van der Waals surface area contributed by atoms with Crippen LogP contribution in [0.5, 0.6) is 0 Å². The number of rotatable bonds is 6. The van der Waals surface area contributed by atoms with Gasteiger partial charge in [-0.3, -0.25) is 20.2 Å². The fraction of sp³-hybridized carbons (Fsp3) is 0.120. The highest BCUT2D eigenvalue weighted by Crippen LogP contribution is 2.28. The third kappa shape index (κ3) is 3.76. The number of aliphatic imine (C=N–C) groups is 2. The van der Waals surface area contributed by atoms with Crippen molar-refractivity contribution in [1.82, 2.24) is 10.3 Å². The number of fused-ring (bicyclic) bond motifs is 2. The summed E-state index contributed by atoms with van der Waals surface area (Å²) in [5, 5.41) is 11.6. The molecule has 2 aliphatic rings. The zero-order valence-corrected chi connectivity index (χ0v) is 17.4. The Hall–Kier alpha value is -4.26. The minimum absolute atomic E-state index is 0.0359. The van der Waals surface area contributed by atoms with Crippen LogP contribution >= 0.6 is 0 Å². The van der Waals surface area contributed by atoms with Crippen LogP contribution in [-0.2, 0) is 6.42 Å². The number of nitrogens with one attached hydrogen (secondary N) is 3. The SMILES string of the molecule is N=C(N)c1c[nH]c2ccc(CCNC(=O)c3ccc(C4=CC5=CN=CCC5=N4)cc3)cc12. The van der Waals surface area contributed by atoms with Crippen LogP contribution in [0.25, 0.3) is 16.6 Å². The first-order valence-electron chi connectivity index (χ1n) is 10.4. The molecule has 0 saturated carbocycles. The molecule has 0 atom stereocenters. The minimum Gasteiger partial charge on any atom is -0.384 e. The van der Waals surface area contributed by atoms with Gasteiger partial charge in [0.15, 0.2) is 0 Å². The zero-order valence-electron chi connectivity index (χ0n) is 17.4. The number of hydrogen-bond donors (Lipinski definition) is 4. The monoisotopic (exact) mass is 422 g/mol. The Balaban J connectivity index is 1.21. The first-order valence-corrected chi connectivity index (χ1v) is 10.4. The quantitative estimate of drug-likeness (QED) is 0.359. The summed E-state index contributed by atoms with van der Waals surface area (Å²) in [6, 6.07) is 13.5. The predicted octanol–water partition coefficient (Wildman–Crippen LogP) is 3.58. The third-order valence-electron chi connectivity index (χ3n) is 5.66. The van der Waals surface area contributed by atoms with E-state index >= 15 is 0 Å². The molecule has 0 unspecified atom stereocenters. The molecule has 3 heterocycles. The summed E-state index contributed by atoms with van der Waals surface area (Å²) >= 11 is 0. The number of nitrogens with two attached hydrogens (primary N) is 1. The number of hydrogen-bond acceptors (Lipinski definition) is 4. The van der Waals surface area contributed by atoms with Crippen molar-refractivity contribution >= 4 is 40.3 Å². The van der Waals surface area contributed by atoms with Crippen molar-refractivity contribution in [2.75, 3.05) is 6.54 Å². The molecule has 1 amide bonds. The number of carbonyl (C=O) groups is 1. The standard InChI is InChI=1S/C25H22N6O/c26-24(27)20-14-30-22-6-1-15(11-19(20)22)7-10-29-25(32)17-4-2-16(3-5-17)23-12-18-13-28-9-8-21(18)31-23/h1-6,9,11-14,30H,7-8,10H2,(H3,26,27)(H,29,32). The van der Waals surface area contributed by atoms with Crippen LogP contribution in [-0.4, -0.2) is 35.2 Å². The number of carbonyl (C=O) groups excluding carboxylic acids is 1. The maximum atomic E-state index is 12.6. The average molecular weight is 422 g/mol. The highest BCUT2D eigenvalue weighted by atomic mass is 16.1. The van der Waals surface area contributed by atoms with E-state index in [0.717, 1.165) is 45.4 Å². The van der Waals surface area contributed by atoms with E-state index in [1.807, 2.05) is 61.0 Å². The molecule has 0 aliphatic carbocycles. The first kappa shape index (κ1) is 19.7. The number of aromatic amines is 1. The van der Waals surface area contributed by atoms with Crippen molar-refractivity contribution in [3.8, 4) is 0 Å². The van der Waals surface area contributed by atoms with E-state index in [1.54, 1.807) is 6.20 Å². The number of allylic oxidation sites excluding steroid dienone is 2. The number of nitrogen functional groups attached to an aromatic ring is 1. The van der Waals surface area contributed by atoms with Gasteiger partial charge in [-0.25, -0.2) is 0 Å². The topological polar surface area (TPSA) is 119 Å². The third-order valence-corrected chi connectivity index (χ3v) is 5.66. The maximum Gasteiger partial charge on any atom is 0.251 e. The largest absolute Gasteiger partial charge is 0.384 e. The number of benzene rings is 2. The maximum absolute atomic E-state index is 12.6. The molecule has 7 nitrogen and oxygen atoms in total. The van der Waals surface area contributed by atoms with Crippen molar-refractivity contribution in [3.63, 3.8) is 0 Å². The van der Waals surface area contributed by atoms with Gasteiger partial charge < -0.3 is 16.0 Å². The molecule has 1 aromatic heterocycles. The molecule has 0 spiro atoms. The second-order valence-electron chi connectivity index (χ2n) is 7.79. The van der Waals surface area contributed by atoms with Gasteiger partial charge in [0, 0.05) is 64.7 Å². The molecular formula is C25H22N6O. The lowest BCUT2D eigenvalue weighted by Crippen LogP contribution is -2.25. The number of aromatic nitrogens is 1. The minimum atomic E-state index is -0.111. The predicted molar refractivity (Wildman–Crippen MR) is 128 cm³/mol. The van der Waals surface area contributed by atoms with Gasteiger partial charge in [0.2, 0.25) is 0 Å². The van der Waals surface area contributed by atoms with Crippen LogP contribution in [0.2, 0.25) is 0 Å². The van der Waals surface area contributed by atoms with Gasteiger partial charge in [0.1, 0.15) is 5.84 Å². The van der Waals surface area contributed by atoms with Crippen LogP contribution in [0.4, 0.5) is 0 Å². The van der Waals surface area contributed by atoms with E-state index in [9.17, 15) is 4.79 Å². The van der Waals surface area contributed by atoms with Gasteiger partial charge in [-0.15, -0.1) is 0 Å². The molecule has 32 heavy (non-hydrogen) atoms. The van der Waals surface area contributed by atoms with Crippen LogP contribution < -0.4 is 11.1 Å². The first-order chi connectivity index (χ1) is 15.6. The van der Waals surface area contributed by atoms with Crippen LogP contribution in [0, 0.1) is 5.41 Å². The normalized spacial score (nSPS) is 14.6. The molecule has 158 valence electrons. The Morgan fingerprint density at radius 3 is 2.81 bits per heavy atom. The molecule has 0 fully saturated rings. The lowest BCUT2D eigenvalue weighted by atomic mass is 10.1. The number of nitrogens with zero attached hydrogens (tertiary/aromatic N) is 2. The highest BCUT2D eigenvalue weighted by Gasteiger charge is 2.17. The van der Waals surface area contributed by atoms with Crippen molar-refractivity contribution in [2.45, 2.75) is 12.8 Å². The summed E-state index contributed by atoms with van der Waals surface area (Å²) in [7, 11) is 0. The van der Waals surface area contributed by atoms with E-state index in [4.69, 9.17) is 11.1 Å². The van der Waals surface area contributed by atoms with Crippen molar-refractivity contribution in [2.24, 2.45) is 15.7 Å². The Kier molecular flexibility index (Phi) is 4.99. The summed E-state index contributed by atoms with van der Waals surface area (Å²) in [5.41, 5.74) is 12.9. The molecule has 0 saturated heterocycles. The molecule has 2 aliphatic heterocycles. The molecule has 2 aromatic carbocycles. The van der Waals surface area contributed by atoms with Gasteiger partial charge in [0.25, 0.3) is 5.91 Å². The number of amidine groups is 1. The van der Waals surface area contributed by atoms with Gasteiger partial charge in [-0.2, -0.15) is 0 Å². The molecule has 7 heteroatoms. The Labute approximate surface area is 185 Å². The van der Waals surface area contributed by atoms with Crippen LogP contribution in [0.3, 0.4) is 0 Å². The number of H-pyrrole nitrogens is 1. The molecule has 0 bridgehead atoms. The lowest BCUT2D eigenvalue weighted by molar-refractivity contribution is 0.0954. The van der Waals surface area contributed by atoms with Crippen molar-refractivity contribution in [3.05, 3.63) is 88.8 Å². The van der Waals surface area contributed by atoms with Gasteiger partial charge in [-0.1, -0.05) is 18.2 Å². The van der Waals surface area contributed by atoms with E-state index in [-0.39, 0.29) is 11.7 Å². The van der Waals surface area contributed by atoms with Gasteiger partial charge in [-0.05, 0) is 42.3 Å². The Bertz CT molecular complexity index is 1350. The van der Waals surface area contributed by atoms with Crippen LogP contribution in [0.15, 0.2) is 76.5 Å². The Morgan fingerprint density at radius 2 is 2.03 bits per heavy atom. The van der Waals surface area contributed by atoms with E-state index in [0.29, 0.717) is 24.1 Å². The molecule has 5 rings (SSSR count). The molecular weight excluding hydrogens is 400 g/mol. The summed E-state index contributed by atoms with van der Waals surface area (Å²) in [5.74, 6) is -0.0751.